The highest BCUT2D eigenvalue weighted by Crippen LogP contribution is 2.55. The molecule has 0 unspecified atom stereocenters. The molecular formula is C22H30ClNO5S. The maximum absolute atomic E-state index is 13.1. The second-order valence-corrected chi connectivity index (χ2v) is 12.1. The molecule has 0 saturated heterocycles. The number of halogens is 1. The van der Waals surface area contributed by atoms with Crippen molar-refractivity contribution < 1.29 is 23.1 Å². The molecule has 4 fully saturated rings. The van der Waals surface area contributed by atoms with Crippen LogP contribution in [0, 0.1) is 17.8 Å². The van der Waals surface area contributed by atoms with Gasteiger partial charge in [0.15, 0.2) is 9.84 Å². The molecule has 0 atom stereocenters. The van der Waals surface area contributed by atoms with Gasteiger partial charge >= 0.3 is 0 Å². The van der Waals surface area contributed by atoms with Crippen LogP contribution in [0.5, 0.6) is 5.75 Å². The first-order valence-corrected chi connectivity index (χ1v) is 13.0. The van der Waals surface area contributed by atoms with E-state index in [4.69, 9.17) is 21.4 Å². The van der Waals surface area contributed by atoms with Crippen LogP contribution in [0.2, 0.25) is 5.02 Å². The van der Waals surface area contributed by atoms with Crippen LogP contribution >= 0.6 is 11.6 Å². The molecule has 8 heteroatoms. The molecule has 1 aromatic carbocycles. The molecule has 4 saturated carbocycles. The molecule has 1 amide bonds. The van der Waals surface area contributed by atoms with E-state index in [2.05, 4.69) is 5.32 Å². The van der Waals surface area contributed by atoms with Crippen LogP contribution in [-0.4, -0.2) is 49.7 Å². The third kappa shape index (κ3) is 4.94. The summed E-state index contributed by atoms with van der Waals surface area (Å²) in [4.78, 5) is 13.1. The molecule has 0 spiro atoms. The Labute approximate surface area is 183 Å². The first kappa shape index (κ1) is 21.9. The minimum absolute atomic E-state index is 0.00850. The number of aliphatic hydroxyl groups is 1. The number of nitrogens with one attached hydrogen (secondary N) is 1. The number of amides is 1. The van der Waals surface area contributed by atoms with Gasteiger partial charge in [0.25, 0.3) is 5.91 Å². The van der Waals surface area contributed by atoms with E-state index in [0.717, 1.165) is 37.0 Å². The molecule has 4 aliphatic carbocycles. The van der Waals surface area contributed by atoms with E-state index in [9.17, 15) is 13.2 Å². The zero-order chi connectivity index (χ0) is 21.4. The summed E-state index contributed by atoms with van der Waals surface area (Å²) in [5.74, 6) is 2.24. The van der Waals surface area contributed by atoms with Gasteiger partial charge < -0.3 is 15.2 Å². The Balaban J connectivity index is 1.39. The summed E-state index contributed by atoms with van der Waals surface area (Å²) in [7, 11) is -3.27. The van der Waals surface area contributed by atoms with Crippen LogP contribution in [-0.2, 0) is 9.84 Å². The van der Waals surface area contributed by atoms with Gasteiger partial charge in [0, 0.05) is 12.1 Å². The Hall–Kier alpha value is -1.31. The van der Waals surface area contributed by atoms with Gasteiger partial charge in [0.2, 0.25) is 0 Å². The summed E-state index contributed by atoms with van der Waals surface area (Å²) in [6.45, 7) is -0.162. The topological polar surface area (TPSA) is 92.7 Å². The Morgan fingerprint density at radius 1 is 1.13 bits per heavy atom. The van der Waals surface area contributed by atoms with Crippen molar-refractivity contribution in [3.8, 4) is 5.75 Å². The van der Waals surface area contributed by atoms with Crippen molar-refractivity contribution >= 4 is 27.3 Å². The number of ether oxygens (including phenoxy) is 1. The maximum Gasteiger partial charge on any atom is 0.253 e. The molecule has 4 bridgehead atoms. The van der Waals surface area contributed by atoms with Crippen molar-refractivity contribution in [2.75, 3.05) is 24.7 Å². The number of sulfone groups is 1. The molecule has 5 rings (SSSR count). The zero-order valence-corrected chi connectivity index (χ0v) is 18.7. The average molecular weight is 456 g/mol. The largest absolute Gasteiger partial charge is 0.493 e. The number of hydrogen-bond acceptors (Lipinski definition) is 5. The standard InChI is InChI=1S/C22H30ClNO5S/c23-20-3-2-18(29-5-7-30(27,28)6-1-4-25)11-19(20)21(26)24-22-12-15-8-16(13-22)10-17(9-15)14-22/h2-3,11,15-17,25H,1,4-10,12-14H2,(H,24,26). The van der Waals surface area contributed by atoms with E-state index in [-0.39, 0.29) is 42.6 Å². The lowest BCUT2D eigenvalue weighted by Gasteiger charge is -2.56. The number of aliphatic hydroxyl groups excluding tert-OH is 1. The summed E-state index contributed by atoms with van der Waals surface area (Å²) >= 11 is 6.31. The van der Waals surface area contributed by atoms with Gasteiger partial charge in [-0.2, -0.15) is 0 Å². The van der Waals surface area contributed by atoms with Crippen molar-refractivity contribution in [2.24, 2.45) is 17.8 Å². The molecule has 2 N–H and O–H groups in total. The number of carbonyl (C=O) groups is 1. The molecule has 30 heavy (non-hydrogen) atoms. The third-order valence-corrected chi connectivity index (χ3v) is 8.90. The highest BCUT2D eigenvalue weighted by atomic mass is 35.5. The molecule has 0 radical (unpaired) electrons. The lowest BCUT2D eigenvalue weighted by Crippen LogP contribution is -2.59. The Morgan fingerprint density at radius 2 is 1.77 bits per heavy atom. The number of rotatable bonds is 9. The van der Waals surface area contributed by atoms with Crippen LogP contribution in [0.4, 0.5) is 0 Å². The lowest BCUT2D eigenvalue weighted by molar-refractivity contribution is -0.0167. The highest BCUT2D eigenvalue weighted by molar-refractivity contribution is 7.91. The molecule has 0 aromatic heterocycles. The second kappa shape index (κ2) is 8.67. The SMILES string of the molecule is O=C(NC12CC3CC(CC(C3)C1)C2)c1cc(OCCS(=O)(=O)CCCO)ccc1Cl. The summed E-state index contributed by atoms with van der Waals surface area (Å²) in [6, 6.07) is 4.86. The quantitative estimate of drug-likeness (QED) is 0.596. The van der Waals surface area contributed by atoms with Gasteiger partial charge in [-0.05, 0) is 80.9 Å². The summed E-state index contributed by atoms with van der Waals surface area (Å²) in [6.07, 6.45) is 7.32. The van der Waals surface area contributed by atoms with Crippen LogP contribution in [0.3, 0.4) is 0 Å². The summed E-state index contributed by atoms with van der Waals surface area (Å²) < 4.78 is 29.4. The predicted molar refractivity (Wildman–Crippen MR) is 116 cm³/mol. The molecule has 0 aliphatic heterocycles. The Bertz CT molecular complexity index is 866. The molecule has 1 aromatic rings. The van der Waals surface area contributed by atoms with Crippen molar-refractivity contribution in [1.82, 2.24) is 5.32 Å². The molecular weight excluding hydrogens is 426 g/mol. The van der Waals surface area contributed by atoms with E-state index in [1.807, 2.05) is 0 Å². The van der Waals surface area contributed by atoms with Crippen LogP contribution in [0.1, 0.15) is 55.3 Å². The van der Waals surface area contributed by atoms with E-state index < -0.39 is 9.84 Å². The lowest BCUT2D eigenvalue weighted by atomic mass is 9.53. The minimum atomic E-state index is -3.27. The number of carbonyl (C=O) groups excluding carboxylic acids is 1. The first-order chi connectivity index (χ1) is 14.3. The number of hydrogen-bond donors (Lipinski definition) is 2. The van der Waals surface area contributed by atoms with Gasteiger partial charge in [0.1, 0.15) is 12.4 Å². The fourth-order valence-corrected chi connectivity index (χ4v) is 7.33. The van der Waals surface area contributed by atoms with Crippen molar-refractivity contribution in [3.05, 3.63) is 28.8 Å². The average Bonchev–Trinajstić information content (AvgIpc) is 2.66. The maximum atomic E-state index is 13.1. The van der Waals surface area contributed by atoms with Crippen LogP contribution < -0.4 is 10.1 Å². The van der Waals surface area contributed by atoms with Gasteiger partial charge in [-0.25, -0.2) is 8.42 Å². The fraction of sp³-hybridized carbons (Fsp3) is 0.682. The molecule has 166 valence electrons. The van der Waals surface area contributed by atoms with Crippen molar-refractivity contribution in [3.63, 3.8) is 0 Å². The van der Waals surface area contributed by atoms with Crippen LogP contribution in [0.15, 0.2) is 18.2 Å². The van der Waals surface area contributed by atoms with E-state index in [0.29, 0.717) is 16.3 Å². The molecule has 4 aliphatic rings. The minimum Gasteiger partial charge on any atom is -0.493 e. The first-order valence-electron chi connectivity index (χ1n) is 10.8. The zero-order valence-electron chi connectivity index (χ0n) is 17.1. The summed E-state index contributed by atoms with van der Waals surface area (Å²) in [5, 5.41) is 12.5. The van der Waals surface area contributed by atoms with E-state index >= 15 is 0 Å². The van der Waals surface area contributed by atoms with Crippen molar-refractivity contribution in [2.45, 2.75) is 50.5 Å². The molecule has 0 heterocycles. The molecule has 6 nitrogen and oxygen atoms in total. The Morgan fingerprint density at radius 3 is 2.37 bits per heavy atom. The van der Waals surface area contributed by atoms with Gasteiger partial charge in [-0.1, -0.05) is 11.6 Å². The van der Waals surface area contributed by atoms with E-state index in [1.54, 1.807) is 18.2 Å². The monoisotopic (exact) mass is 455 g/mol. The van der Waals surface area contributed by atoms with Gasteiger partial charge in [0.05, 0.1) is 22.1 Å². The smallest absolute Gasteiger partial charge is 0.253 e. The van der Waals surface area contributed by atoms with Gasteiger partial charge in [-0.3, -0.25) is 4.79 Å². The fourth-order valence-electron chi connectivity index (χ4n) is 6.01. The Kier molecular flexibility index (Phi) is 6.33. The predicted octanol–water partition coefficient (Wildman–Crippen LogP) is 3.21. The highest BCUT2D eigenvalue weighted by Gasteiger charge is 2.51. The van der Waals surface area contributed by atoms with Crippen LogP contribution in [0.25, 0.3) is 0 Å². The number of benzene rings is 1. The van der Waals surface area contributed by atoms with Gasteiger partial charge in [-0.15, -0.1) is 0 Å². The normalized spacial score (nSPS) is 29.7. The summed E-state index contributed by atoms with van der Waals surface area (Å²) in [5.41, 5.74) is 0.264. The third-order valence-electron chi connectivity index (χ3n) is 6.88. The second-order valence-electron chi connectivity index (χ2n) is 9.37. The van der Waals surface area contributed by atoms with E-state index in [1.165, 1.54) is 19.3 Å². The van der Waals surface area contributed by atoms with Crippen molar-refractivity contribution in [1.29, 1.82) is 0 Å².